The van der Waals surface area contributed by atoms with Crippen LogP contribution >= 0.6 is 0 Å². The third kappa shape index (κ3) is 7.96. The third-order valence-corrected chi connectivity index (χ3v) is 10.2. The molecular formula is C42H44N4O4. The van der Waals surface area contributed by atoms with Crippen molar-refractivity contribution < 1.29 is 20.4 Å². The molecule has 0 radical (unpaired) electrons. The summed E-state index contributed by atoms with van der Waals surface area (Å²) in [6, 6.07) is 22.2. The molecule has 4 atom stereocenters. The van der Waals surface area contributed by atoms with Gasteiger partial charge < -0.3 is 20.4 Å². The van der Waals surface area contributed by atoms with Crippen molar-refractivity contribution in [1.29, 1.82) is 0 Å². The lowest BCUT2D eigenvalue weighted by molar-refractivity contribution is 0.390. The summed E-state index contributed by atoms with van der Waals surface area (Å²) in [6.07, 6.45) is 16.1. The van der Waals surface area contributed by atoms with Crippen LogP contribution in [0.15, 0.2) is 92.8 Å². The third-order valence-electron chi connectivity index (χ3n) is 10.2. The van der Waals surface area contributed by atoms with Crippen LogP contribution in [0.4, 0.5) is 0 Å². The molecule has 4 aromatic carbocycles. The van der Waals surface area contributed by atoms with E-state index in [0.717, 1.165) is 73.6 Å². The van der Waals surface area contributed by atoms with Crippen molar-refractivity contribution in [2.45, 2.75) is 88.4 Å². The Bertz CT molecular complexity index is 1690. The molecule has 8 bridgehead atoms. The van der Waals surface area contributed by atoms with Crippen molar-refractivity contribution in [3.63, 3.8) is 0 Å². The summed E-state index contributed by atoms with van der Waals surface area (Å²) >= 11 is 0. The molecule has 1 heterocycles. The van der Waals surface area contributed by atoms with Gasteiger partial charge in [-0.2, -0.15) is 0 Å². The van der Waals surface area contributed by atoms with Crippen LogP contribution in [-0.4, -0.2) is 69.5 Å². The first kappa shape index (κ1) is 33.3. The van der Waals surface area contributed by atoms with Crippen LogP contribution in [0.2, 0.25) is 0 Å². The highest BCUT2D eigenvalue weighted by atomic mass is 16.3. The van der Waals surface area contributed by atoms with Gasteiger partial charge in [0.05, 0.1) is 24.2 Å². The fourth-order valence-corrected chi connectivity index (χ4v) is 7.32. The summed E-state index contributed by atoms with van der Waals surface area (Å²) in [7, 11) is 0. The van der Waals surface area contributed by atoms with Crippen molar-refractivity contribution in [1.82, 2.24) is 0 Å². The van der Waals surface area contributed by atoms with Gasteiger partial charge in [0.2, 0.25) is 0 Å². The lowest BCUT2D eigenvalue weighted by Gasteiger charge is -2.25. The topological polar surface area (TPSA) is 130 Å². The van der Waals surface area contributed by atoms with Gasteiger partial charge in [0, 0.05) is 47.1 Å². The van der Waals surface area contributed by atoms with Gasteiger partial charge in [-0.15, -0.1) is 0 Å². The van der Waals surface area contributed by atoms with E-state index in [1.165, 1.54) is 0 Å². The second-order valence-electron chi connectivity index (χ2n) is 13.9. The van der Waals surface area contributed by atoms with Crippen LogP contribution in [0.1, 0.15) is 95.9 Å². The summed E-state index contributed by atoms with van der Waals surface area (Å²) in [5, 5.41) is 42.9. The van der Waals surface area contributed by atoms with Gasteiger partial charge in [0.25, 0.3) is 0 Å². The van der Waals surface area contributed by atoms with E-state index in [-0.39, 0.29) is 47.2 Å². The smallest absolute Gasteiger partial charge is 0.124 e. The average Bonchev–Trinajstić information content (AvgIpc) is 3.12. The van der Waals surface area contributed by atoms with E-state index in [9.17, 15) is 20.4 Å². The predicted molar refractivity (Wildman–Crippen MR) is 201 cm³/mol. The molecule has 8 nitrogen and oxygen atoms in total. The SMILES string of the molecule is Oc1ccc2cc1C=N[C@H]1CCCC[C@@H]1N=Cc1cc(ccc1O)Cc1ccc(O)c(c1)C=N[C@H]1CCCC[C@@H]1N=Cc1cc(ccc1O)C2. The number of hydrogen-bond donors (Lipinski definition) is 4. The molecule has 0 saturated heterocycles. The number of aromatic hydroxyl groups is 4. The fourth-order valence-electron chi connectivity index (χ4n) is 7.32. The highest BCUT2D eigenvalue weighted by Gasteiger charge is 2.25. The Hall–Kier alpha value is -5.24. The summed E-state index contributed by atoms with van der Waals surface area (Å²) < 4.78 is 0. The van der Waals surface area contributed by atoms with E-state index in [1.54, 1.807) is 49.1 Å². The molecule has 2 aliphatic carbocycles. The van der Waals surface area contributed by atoms with Crippen LogP contribution in [0.5, 0.6) is 23.0 Å². The molecule has 50 heavy (non-hydrogen) atoms. The molecule has 8 heteroatoms. The monoisotopic (exact) mass is 668 g/mol. The summed E-state index contributed by atoms with van der Waals surface area (Å²) in [5.74, 6) is 0.693. The molecule has 2 saturated carbocycles. The van der Waals surface area contributed by atoms with Gasteiger partial charge in [0.15, 0.2) is 0 Å². The first-order valence-electron chi connectivity index (χ1n) is 17.8. The largest absolute Gasteiger partial charge is 0.507 e. The number of phenolic OH excluding ortho intramolecular Hbond substituents is 4. The Morgan fingerprint density at radius 1 is 0.360 bits per heavy atom. The second-order valence-corrected chi connectivity index (χ2v) is 13.9. The Morgan fingerprint density at radius 3 is 0.840 bits per heavy atom. The highest BCUT2D eigenvalue weighted by Crippen LogP contribution is 2.29. The van der Waals surface area contributed by atoms with Gasteiger partial charge in [-0.25, -0.2) is 0 Å². The van der Waals surface area contributed by atoms with Gasteiger partial charge in [-0.1, -0.05) is 49.9 Å². The predicted octanol–water partition coefficient (Wildman–Crippen LogP) is 7.70. The quantitative estimate of drug-likeness (QED) is 0.153. The summed E-state index contributed by atoms with van der Waals surface area (Å²) in [5.41, 5.74) is 6.69. The van der Waals surface area contributed by atoms with Crippen LogP contribution < -0.4 is 0 Å². The van der Waals surface area contributed by atoms with Gasteiger partial charge >= 0.3 is 0 Å². The van der Waals surface area contributed by atoms with Gasteiger partial charge in [0.1, 0.15) is 23.0 Å². The molecule has 1 aliphatic heterocycles. The number of aliphatic imine (C=N–C) groups is 4. The van der Waals surface area contributed by atoms with Crippen LogP contribution in [0, 0.1) is 0 Å². The molecule has 0 aromatic heterocycles. The Labute approximate surface area is 293 Å². The molecule has 4 aromatic rings. The number of fused-ring (bicyclic) bond motifs is 10. The van der Waals surface area contributed by atoms with E-state index in [0.29, 0.717) is 35.1 Å². The Morgan fingerprint density at radius 2 is 0.600 bits per heavy atom. The van der Waals surface area contributed by atoms with E-state index in [4.69, 9.17) is 20.0 Å². The minimum Gasteiger partial charge on any atom is -0.507 e. The molecule has 0 amide bonds. The molecule has 4 N–H and O–H groups in total. The lowest BCUT2D eigenvalue weighted by atomic mass is 9.91. The zero-order valence-electron chi connectivity index (χ0n) is 28.2. The van der Waals surface area contributed by atoms with Crippen LogP contribution in [-0.2, 0) is 12.8 Å². The normalized spacial score (nSPS) is 22.4. The first-order valence-corrected chi connectivity index (χ1v) is 17.8. The van der Waals surface area contributed by atoms with E-state index >= 15 is 0 Å². The molecule has 0 unspecified atom stereocenters. The first-order chi connectivity index (χ1) is 24.4. The molecule has 3 aliphatic rings. The molecule has 0 spiro atoms. The van der Waals surface area contributed by atoms with Gasteiger partial charge in [-0.3, -0.25) is 20.0 Å². The molecule has 2 fully saturated rings. The lowest BCUT2D eigenvalue weighted by Crippen LogP contribution is -2.27. The van der Waals surface area contributed by atoms with Crippen molar-refractivity contribution in [2.75, 3.05) is 0 Å². The number of phenols is 4. The number of hydrogen-bond acceptors (Lipinski definition) is 8. The van der Waals surface area contributed by atoms with Crippen molar-refractivity contribution in [3.8, 4) is 23.0 Å². The minimum atomic E-state index is -0.0354. The maximum Gasteiger partial charge on any atom is 0.124 e. The summed E-state index contributed by atoms with van der Waals surface area (Å²) in [4.78, 5) is 19.7. The van der Waals surface area contributed by atoms with Crippen molar-refractivity contribution >= 4 is 24.9 Å². The maximum atomic E-state index is 10.7. The maximum absolute atomic E-state index is 10.7. The molecule has 256 valence electrons. The van der Waals surface area contributed by atoms with Gasteiger partial charge in [-0.05, 0) is 109 Å². The van der Waals surface area contributed by atoms with Crippen LogP contribution in [0.3, 0.4) is 0 Å². The highest BCUT2D eigenvalue weighted by molar-refractivity contribution is 5.86. The van der Waals surface area contributed by atoms with E-state index in [1.807, 2.05) is 48.5 Å². The molecular weight excluding hydrogens is 624 g/mol. The number of rotatable bonds is 0. The standard InChI is InChI=1S/C42H44N4O4/c47-39-13-9-27-17-29-11-15-41(49)33(21-29)25-45-37-7-3-4-8-38(37)46-26-34-22-30(12-16-42(34)50)18-28-10-14-40(48)32(20-28)24-44-36-6-2-1-5-35(36)43-23-31(39)19-27/h9-16,19-26,35-38,47-50H,1-8,17-18H2/t35-,36-,37-,38-/m0/s1. The summed E-state index contributed by atoms with van der Waals surface area (Å²) in [6.45, 7) is 0. The van der Waals surface area contributed by atoms with Crippen LogP contribution in [0.25, 0.3) is 0 Å². The van der Waals surface area contributed by atoms with Crippen molar-refractivity contribution in [2.24, 2.45) is 20.0 Å². The molecule has 7 rings (SSSR count). The van der Waals surface area contributed by atoms with E-state index in [2.05, 4.69) is 0 Å². The zero-order chi connectivity index (χ0) is 34.5. The van der Waals surface area contributed by atoms with Crippen molar-refractivity contribution in [3.05, 3.63) is 117 Å². The van der Waals surface area contributed by atoms with E-state index < -0.39 is 0 Å². The zero-order valence-corrected chi connectivity index (χ0v) is 28.2. The average molecular weight is 669 g/mol. The Balaban J connectivity index is 1.26. The number of benzene rings is 4. The fraction of sp³-hybridized carbons (Fsp3) is 0.333. The number of nitrogens with zero attached hydrogens (tertiary/aromatic N) is 4. The Kier molecular flexibility index (Phi) is 10.1. The second kappa shape index (κ2) is 15.1. The minimum absolute atomic E-state index is 0.0354.